The Kier molecular flexibility index (Phi) is 3.46. The number of hydrogen-bond acceptors (Lipinski definition) is 6. The summed E-state index contributed by atoms with van der Waals surface area (Å²) < 4.78 is 20.6. The second kappa shape index (κ2) is 5.64. The summed E-state index contributed by atoms with van der Waals surface area (Å²) in [4.78, 5) is 30.0. The third-order valence-electron chi connectivity index (χ3n) is 6.09. The van der Waals surface area contributed by atoms with Gasteiger partial charge in [0, 0.05) is 22.6 Å². The fourth-order valence-electron chi connectivity index (χ4n) is 4.32. The van der Waals surface area contributed by atoms with E-state index in [0.29, 0.717) is 23.4 Å². The third kappa shape index (κ3) is 2.17. The number of esters is 1. The molecule has 0 spiro atoms. The summed E-state index contributed by atoms with van der Waals surface area (Å²) in [6, 6.07) is 4.46. The van der Waals surface area contributed by atoms with Gasteiger partial charge in [0.15, 0.2) is 5.60 Å². The lowest BCUT2D eigenvalue weighted by atomic mass is 9.86. The van der Waals surface area contributed by atoms with E-state index in [0.717, 1.165) is 16.5 Å². The molecule has 0 radical (unpaired) electrons. The number of carbonyl (C=O) groups is 1. The molecule has 2 aliphatic heterocycles. The maximum atomic E-state index is 14.0. The normalized spacial score (nSPS) is 19.7. The number of aliphatic hydroxyl groups is 1. The molecule has 1 atom stereocenters. The van der Waals surface area contributed by atoms with Gasteiger partial charge in [-0.2, -0.15) is 0 Å². The molecule has 5 rings (SSSR count). The molecule has 4 heterocycles. The smallest absolute Gasteiger partial charge is 0.343 e. The molecule has 29 heavy (non-hydrogen) atoms. The van der Waals surface area contributed by atoms with Crippen molar-refractivity contribution >= 4 is 22.6 Å². The van der Waals surface area contributed by atoms with Crippen LogP contribution in [-0.2, 0) is 28.3 Å². The topological polar surface area (TPSA) is 107 Å². The quantitative estimate of drug-likeness (QED) is 0.378. The molecule has 0 saturated heterocycles. The van der Waals surface area contributed by atoms with Gasteiger partial charge in [0.1, 0.15) is 12.4 Å². The summed E-state index contributed by atoms with van der Waals surface area (Å²) >= 11 is 0. The number of nitrogen functional groups attached to an aromatic ring is 1. The first-order valence-electron chi connectivity index (χ1n) is 9.31. The molecule has 1 unspecified atom stereocenters. The van der Waals surface area contributed by atoms with Crippen LogP contribution in [0.25, 0.3) is 22.3 Å². The molecule has 0 aliphatic carbocycles. The number of aromatic nitrogens is 2. The summed E-state index contributed by atoms with van der Waals surface area (Å²) in [5, 5.41) is 11.6. The Bertz CT molecular complexity index is 1310. The van der Waals surface area contributed by atoms with E-state index < -0.39 is 17.4 Å². The van der Waals surface area contributed by atoms with Crippen molar-refractivity contribution in [2.24, 2.45) is 0 Å². The summed E-state index contributed by atoms with van der Waals surface area (Å²) in [6.07, 6.45) is 0.0727. The van der Waals surface area contributed by atoms with Crippen LogP contribution in [0.2, 0.25) is 0 Å². The minimum atomic E-state index is -1.88. The molecule has 1 aromatic carbocycles. The predicted octanol–water partition coefficient (Wildman–Crippen LogP) is 2.11. The zero-order chi connectivity index (χ0) is 20.7. The van der Waals surface area contributed by atoms with Gasteiger partial charge in [0.25, 0.3) is 5.56 Å². The zero-order valence-electron chi connectivity index (χ0n) is 15.9. The van der Waals surface area contributed by atoms with Gasteiger partial charge in [-0.3, -0.25) is 4.79 Å². The standard InChI is InChI=1S/C21H18FN3O4/c1-3-21(28)13-5-17-18-11(7-25(17)19(26)12(13)8-29-20(21)27)9(2)10-4-15(23)14(22)6-16(10)24-18/h4-6,28H,3,7-8,23H2,1-2H3. The lowest BCUT2D eigenvalue weighted by molar-refractivity contribution is -0.172. The number of nitrogens with zero attached hydrogens (tertiary/aromatic N) is 2. The van der Waals surface area contributed by atoms with Crippen LogP contribution in [0, 0.1) is 12.7 Å². The first kappa shape index (κ1) is 17.8. The van der Waals surface area contributed by atoms with Gasteiger partial charge in [-0.15, -0.1) is 0 Å². The van der Waals surface area contributed by atoms with Crippen molar-refractivity contribution in [3.05, 3.63) is 56.6 Å². The highest BCUT2D eigenvalue weighted by Crippen LogP contribution is 2.40. The van der Waals surface area contributed by atoms with Gasteiger partial charge >= 0.3 is 5.97 Å². The van der Waals surface area contributed by atoms with E-state index in [4.69, 9.17) is 10.5 Å². The molecule has 7 nitrogen and oxygen atoms in total. The fourth-order valence-corrected chi connectivity index (χ4v) is 4.32. The van der Waals surface area contributed by atoms with Crippen molar-refractivity contribution in [2.45, 2.75) is 39.0 Å². The van der Waals surface area contributed by atoms with Gasteiger partial charge < -0.3 is 20.1 Å². The van der Waals surface area contributed by atoms with Gasteiger partial charge in [0.05, 0.1) is 34.7 Å². The van der Waals surface area contributed by atoms with Crippen molar-refractivity contribution < 1.29 is 19.0 Å². The van der Waals surface area contributed by atoms with E-state index in [9.17, 15) is 19.1 Å². The summed E-state index contributed by atoms with van der Waals surface area (Å²) in [7, 11) is 0. The number of carbonyl (C=O) groups excluding carboxylic acids is 1. The fraction of sp³-hybridized carbons (Fsp3) is 0.286. The molecule has 3 N–H and O–H groups in total. The van der Waals surface area contributed by atoms with Crippen LogP contribution >= 0.6 is 0 Å². The molecule has 8 heteroatoms. The molecule has 2 aromatic heterocycles. The Hall–Kier alpha value is -3.26. The maximum Gasteiger partial charge on any atom is 0.343 e. The first-order valence-corrected chi connectivity index (χ1v) is 9.31. The van der Waals surface area contributed by atoms with Gasteiger partial charge in [0.2, 0.25) is 0 Å². The number of nitrogens with two attached hydrogens (primary N) is 1. The number of benzene rings is 1. The maximum absolute atomic E-state index is 14.0. The average Bonchev–Trinajstić information content (AvgIpc) is 3.06. The van der Waals surface area contributed by atoms with Crippen LogP contribution in [0.5, 0.6) is 0 Å². The largest absolute Gasteiger partial charge is 0.458 e. The van der Waals surface area contributed by atoms with Crippen molar-refractivity contribution in [3.63, 3.8) is 0 Å². The molecule has 148 valence electrons. The number of cyclic esters (lactones) is 1. The van der Waals surface area contributed by atoms with Crippen molar-refractivity contribution in [1.82, 2.24) is 9.55 Å². The van der Waals surface area contributed by atoms with Crippen molar-refractivity contribution in [2.75, 3.05) is 5.73 Å². The number of ether oxygens (including phenoxy) is 1. The Morgan fingerprint density at radius 3 is 2.79 bits per heavy atom. The zero-order valence-corrected chi connectivity index (χ0v) is 15.9. The summed E-state index contributed by atoms with van der Waals surface area (Å²) in [5.74, 6) is -1.33. The number of anilines is 1. The molecule has 3 aromatic rings. The molecule has 0 bridgehead atoms. The van der Waals surface area contributed by atoms with E-state index in [-0.39, 0.29) is 35.4 Å². The molecular weight excluding hydrogens is 377 g/mol. The molecular formula is C21H18FN3O4. The summed E-state index contributed by atoms with van der Waals surface area (Å²) in [5.41, 5.74) is 7.21. The van der Waals surface area contributed by atoms with Crippen LogP contribution in [-0.4, -0.2) is 20.6 Å². The SMILES string of the molecule is CCC1(O)C(=O)OCc2c1cc1n(c2=O)Cc2c-1nc1cc(F)c(N)cc1c2C. The summed E-state index contributed by atoms with van der Waals surface area (Å²) in [6.45, 7) is 3.65. The number of fused-ring (bicyclic) bond motifs is 5. The molecule has 0 saturated carbocycles. The van der Waals surface area contributed by atoms with E-state index in [1.54, 1.807) is 23.6 Å². The Labute approximate surface area is 164 Å². The Morgan fingerprint density at radius 1 is 1.31 bits per heavy atom. The molecule has 2 aliphatic rings. The monoisotopic (exact) mass is 395 g/mol. The van der Waals surface area contributed by atoms with E-state index in [1.165, 1.54) is 6.07 Å². The van der Waals surface area contributed by atoms with Gasteiger partial charge in [-0.1, -0.05) is 6.92 Å². The molecule has 0 amide bonds. The van der Waals surface area contributed by atoms with Crippen LogP contribution in [0.3, 0.4) is 0 Å². The van der Waals surface area contributed by atoms with Crippen LogP contribution in [0.1, 0.15) is 35.6 Å². The average molecular weight is 395 g/mol. The van der Waals surface area contributed by atoms with E-state index in [2.05, 4.69) is 4.98 Å². The second-order valence-electron chi connectivity index (χ2n) is 7.56. The number of aryl methyl sites for hydroxylation is 1. The Morgan fingerprint density at radius 2 is 2.07 bits per heavy atom. The van der Waals surface area contributed by atoms with E-state index in [1.807, 2.05) is 6.92 Å². The van der Waals surface area contributed by atoms with Crippen molar-refractivity contribution in [1.29, 1.82) is 0 Å². The van der Waals surface area contributed by atoms with E-state index >= 15 is 0 Å². The number of rotatable bonds is 1. The van der Waals surface area contributed by atoms with Gasteiger partial charge in [-0.05, 0) is 31.0 Å². The Balaban J connectivity index is 1.83. The minimum absolute atomic E-state index is 0.0363. The highest BCUT2D eigenvalue weighted by molar-refractivity contribution is 5.90. The van der Waals surface area contributed by atoms with Crippen molar-refractivity contribution in [3.8, 4) is 11.4 Å². The predicted molar refractivity (Wildman–Crippen MR) is 104 cm³/mol. The van der Waals surface area contributed by atoms with Crippen LogP contribution in [0.4, 0.5) is 10.1 Å². The molecule has 0 fully saturated rings. The van der Waals surface area contributed by atoms with Crippen LogP contribution < -0.4 is 11.3 Å². The number of pyridine rings is 2. The minimum Gasteiger partial charge on any atom is -0.458 e. The lowest BCUT2D eigenvalue weighted by Gasteiger charge is -2.31. The first-order chi connectivity index (χ1) is 13.8. The number of hydrogen-bond donors (Lipinski definition) is 2. The van der Waals surface area contributed by atoms with Crippen LogP contribution in [0.15, 0.2) is 23.0 Å². The van der Waals surface area contributed by atoms with Gasteiger partial charge in [-0.25, -0.2) is 14.2 Å². The highest BCUT2D eigenvalue weighted by Gasteiger charge is 2.45. The highest BCUT2D eigenvalue weighted by atomic mass is 19.1. The number of halogens is 1. The second-order valence-corrected chi connectivity index (χ2v) is 7.56. The third-order valence-corrected chi connectivity index (χ3v) is 6.09. The lowest BCUT2D eigenvalue weighted by Crippen LogP contribution is -2.44.